The Morgan fingerprint density at radius 3 is 2.33 bits per heavy atom. The lowest BCUT2D eigenvalue weighted by molar-refractivity contribution is 0.546. The predicted octanol–water partition coefficient (Wildman–Crippen LogP) is 2.93. The third kappa shape index (κ3) is 3.48. The molecule has 0 spiro atoms. The molecule has 126 valence electrons. The SMILES string of the molecule is CCc1cc(C#N)ccc1CNc1c(NC(C)(C)CC)c(=O)c1=O. The van der Waals surface area contributed by atoms with Gasteiger partial charge in [0.1, 0.15) is 11.4 Å². The summed E-state index contributed by atoms with van der Waals surface area (Å²) >= 11 is 0. The number of hydrogen-bond acceptors (Lipinski definition) is 5. The Labute approximate surface area is 142 Å². The maximum atomic E-state index is 11.9. The molecule has 0 saturated heterocycles. The number of nitriles is 1. The van der Waals surface area contributed by atoms with Crippen LogP contribution in [-0.4, -0.2) is 5.54 Å². The van der Waals surface area contributed by atoms with Gasteiger partial charge in [0.25, 0.3) is 10.9 Å². The summed E-state index contributed by atoms with van der Waals surface area (Å²) in [5.41, 5.74) is 2.24. The second-order valence-corrected chi connectivity index (χ2v) is 6.57. The maximum Gasteiger partial charge on any atom is 0.253 e. The monoisotopic (exact) mass is 325 g/mol. The largest absolute Gasteiger partial charge is 0.376 e. The first-order valence-electron chi connectivity index (χ1n) is 8.20. The molecule has 0 saturated carbocycles. The van der Waals surface area contributed by atoms with Crippen molar-refractivity contribution in [2.75, 3.05) is 10.6 Å². The van der Waals surface area contributed by atoms with E-state index in [1.54, 1.807) is 6.07 Å². The van der Waals surface area contributed by atoms with Gasteiger partial charge in [-0.1, -0.05) is 19.9 Å². The van der Waals surface area contributed by atoms with E-state index >= 15 is 0 Å². The lowest BCUT2D eigenvalue weighted by Gasteiger charge is -2.28. The van der Waals surface area contributed by atoms with Crippen LogP contribution in [0.2, 0.25) is 0 Å². The standard InChI is InChI=1S/C19H23N3O2/c1-5-13-9-12(10-20)7-8-14(13)11-21-15-16(18(24)17(15)23)22-19(3,4)6-2/h7-9,21-22H,5-6,11H2,1-4H3. The molecule has 0 radical (unpaired) electrons. The highest BCUT2D eigenvalue weighted by Crippen LogP contribution is 2.23. The summed E-state index contributed by atoms with van der Waals surface area (Å²) in [5, 5.41) is 15.2. The van der Waals surface area contributed by atoms with Crippen LogP contribution in [0.25, 0.3) is 0 Å². The van der Waals surface area contributed by atoms with Gasteiger partial charge in [0.2, 0.25) is 0 Å². The molecule has 2 N–H and O–H groups in total. The quantitative estimate of drug-likeness (QED) is 0.765. The number of aryl methyl sites for hydroxylation is 1. The first-order chi connectivity index (χ1) is 11.3. The Hall–Kier alpha value is -2.61. The third-order valence-electron chi connectivity index (χ3n) is 4.43. The van der Waals surface area contributed by atoms with Crippen LogP contribution >= 0.6 is 0 Å². The smallest absolute Gasteiger partial charge is 0.253 e. The van der Waals surface area contributed by atoms with Crippen molar-refractivity contribution in [3.05, 3.63) is 55.3 Å². The molecular formula is C19H23N3O2. The van der Waals surface area contributed by atoms with Crippen molar-refractivity contribution in [3.8, 4) is 6.07 Å². The average molecular weight is 325 g/mol. The van der Waals surface area contributed by atoms with Gasteiger partial charge in [-0.15, -0.1) is 0 Å². The van der Waals surface area contributed by atoms with Gasteiger partial charge in [0.15, 0.2) is 0 Å². The van der Waals surface area contributed by atoms with Gasteiger partial charge in [-0.2, -0.15) is 5.26 Å². The molecule has 24 heavy (non-hydrogen) atoms. The van der Waals surface area contributed by atoms with Crippen molar-refractivity contribution in [1.82, 2.24) is 0 Å². The van der Waals surface area contributed by atoms with E-state index in [1.165, 1.54) is 0 Å². The van der Waals surface area contributed by atoms with E-state index in [0.717, 1.165) is 24.0 Å². The number of benzene rings is 1. The van der Waals surface area contributed by atoms with E-state index in [0.29, 0.717) is 23.5 Å². The molecule has 2 rings (SSSR count). The van der Waals surface area contributed by atoms with Gasteiger partial charge in [-0.05, 0) is 49.9 Å². The van der Waals surface area contributed by atoms with Crippen molar-refractivity contribution in [2.24, 2.45) is 0 Å². The molecule has 0 atom stereocenters. The van der Waals surface area contributed by atoms with E-state index in [2.05, 4.69) is 16.7 Å². The Morgan fingerprint density at radius 2 is 1.75 bits per heavy atom. The Balaban J connectivity index is 2.20. The minimum Gasteiger partial charge on any atom is -0.376 e. The van der Waals surface area contributed by atoms with Crippen molar-refractivity contribution >= 4 is 11.4 Å². The van der Waals surface area contributed by atoms with Crippen molar-refractivity contribution < 1.29 is 0 Å². The second-order valence-electron chi connectivity index (χ2n) is 6.57. The summed E-state index contributed by atoms with van der Waals surface area (Å²) in [6, 6.07) is 7.64. The van der Waals surface area contributed by atoms with Crippen LogP contribution in [0.5, 0.6) is 0 Å². The molecule has 5 nitrogen and oxygen atoms in total. The molecule has 0 amide bonds. The molecule has 0 aromatic heterocycles. The maximum absolute atomic E-state index is 11.9. The molecule has 0 bridgehead atoms. The zero-order valence-corrected chi connectivity index (χ0v) is 14.6. The van der Waals surface area contributed by atoms with Crippen LogP contribution < -0.4 is 21.5 Å². The minimum atomic E-state index is -0.476. The first-order valence-corrected chi connectivity index (χ1v) is 8.20. The minimum absolute atomic E-state index is 0.248. The zero-order valence-electron chi connectivity index (χ0n) is 14.6. The molecule has 2 aromatic rings. The number of nitrogens with zero attached hydrogens (tertiary/aromatic N) is 1. The van der Waals surface area contributed by atoms with Crippen molar-refractivity contribution in [1.29, 1.82) is 5.26 Å². The molecule has 5 heteroatoms. The molecule has 0 fully saturated rings. The lowest BCUT2D eigenvalue weighted by atomic mass is 9.99. The Morgan fingerprint density at radius 1 is 1.08 bits per heavy atom. The third-order valence-corrected chi connectivity index (χ3v) is 4.43. The number of hydrogen-bond donors (Lipinski definition) is 2. The number of nitrogens with one attached hydrogen (secondary N) is 2. The fourth-order valence-corrected chi connectivity index (χ4v) is 2.49. The highest BCUT2D eigenvalue weighted by Gasteiger charge is 2.25. The molecule has 0 heterocycles. The van der Waals surface area contributed by atoms with Crippen LogP contribution in [0.3, 0.4) is 0 Å². The number of anilines is 2. The average Bonchev–Trinajstić information content (AvgIpc) is 2.60. The lowest BCUT2D eigenvalue weighted by Crippen LogP contribution is -2.42. The van der Waals surface area contributed by atoms with Gasteiger partial charge >= 0.3 is 0 Å². The van der Waals surface area contributed by atoms with Crippen molar-refractivity contribution in [2.45, 2.75) is 52.6 Å². The van der Waals surface area contributed by atoms with Gasteiger partial charge in [0.05, 0.1) is 11.6 Å². The summed E-state index contributed by atoms with van der Waals surface area (Å²) in [6.07, 6.45) is 1.63. The summed E-state index contributed by atoms with van der Waals surface area (Å²) in [4.78, 5) is 23.7. The van der Waals surface area contributed by atoms with Crippen LogP contribution in [-0.2, 0) is 13.0 Å². The molecule has 2 aromatic carbocycles. The number of rotatable bonds is 7. The summed E-state index contributed by atoms with van der Waals surface area (Å²) in [7, 11) is 0. The molecular weight excluding hydrogens is 302 g/mol. The van der Waals surface area contributed by atoms with Crippen molar-refractivity contribution in [3.63, 3.8) is 0 Å². The highest BCUT2D eigenvalue weighted by atomic mass is 16.2. The molecule has 0 aliphatic rings. The highest BCUT2D eigenvalue weighted by molar-refractivity contribution is 5.74. The van der Waals surface area contributed by atoms with Gasteiger partial charge < -0.3 is 10.6 Å². The zero-order chi connectivity index (χ0) is 17.9. The Bertz CT molecular complexity index is 853. The summed E-state index contributed by atoms with van der Waals surface area (Å²) in [5.74, 6) is 0. The first kappa shape index (κ1) is 17.7. The molecule has 0 aliphatic heterocycles. The van der Waals surface area contributed by atoms with E-state index < -0.39 is 10.9 Å². The summed E-state index contributed by atoms with van der Waals surface area (Å²) in [6.45, 7) is 8.47. The second kappa shape index (κ2) is 6.88. The fourth-order valence-electron chi connectivity index (χ4n) is 2.49. The van der Waals surface area contributed by atoms with E-state index in [4.69, 9.17) is 5.26 Å². The Kier molecular flexibility index (Phi) is 5.08. The van der Waals surface area contributed by atoms with E-state index in [1.807, 2.05) is 39.8 Å². The van der Waals surface area contributed by atoms with Crippen LogP contribution in [0, 0.1) is 11.3 Å². The van der Waals surface area contributed by atoms with E-state index in [9.17, 15) is 9.59 Å². The molecule has 0 aliphatic carbocycles. The fraction of sp³-hybridized carbons (Fsp3) is 0.421. The predicted molar refractivity (Wildman–Crippen MR) is 97.2 cm³/mol. The van der Waals surface area contributed by atoms with E-state index in [-0.39, 0.29) is 5.54 Å². The van der Waals surface area contributed by atoms with Gasteiger partial charge in [-0.3, -0.25) is 9.59 Å². The van der Waals surface area contributed by atoms with Gasteiger partial charge in [-0.25, -0.2) is 0 Å². The normalized spacial score (nSPS) is 11.3. The van der Waals surface area contributed by atoms with Gasteiger partial charge in [0, 0.05) is 12.1 Å². The summed E-state index contributed by atoms with van der Waals surface area (Å²) < 4.78 is 0. The van der Waals surface area contributed by atoms with Crippen LogP contribution in [0.1, 0.15) is 50.8 Å². The van der Waals surface area contributed by atoms with Crippen LogP contribution in [0.4, 0.5) is 11.4 Å². The molecule has 0 unspecified atom stereocenters. The van der Waals surface area contributed by atoms with Crippen LogP contribution in [0.15, 0.2) is 27.8 Å². The topological polar surface area (TPSA) is 82.0 Å².